The van der Waals surface area contributed by atoms with E-state index >= 15 is 0 Å². The van der Waals surface area contributed by atoms with Crippen LogP contribution >= 0.6 is 0 Å². The fraction of sp³-hybridized carbons (Fsp3) is 0.0667. The number of carbonyl (C=O) groups excluding carboxylic acids is 4. The van der Waals surface area contributed by atoms with Gasteiger partial charge in [-0.2, -0.15) is 0 Å². The largest absolute Gasteiger partial charge is 0.445 e. The maximum atomic E-state index is 13.5. The van der Waals surface area contributed by atoms with Gasteiger partial charge in [-0.25, -0.2) is 9.69 Å². The first-order valence-electron chi connectivity index (χ1n) is 11.9. The molecule has 39 heavy (non-hydrogen) atoms. The third-order valence-electron chi connectivity index (χ3n) is 6.36. The molecule has 0 N–H and O–H groups in total. The smallest absolute Gasteiger partial charge is 0.341 e. The molecule has 2 amide bonds. The van der Waals surface area contributed by atoms with Crippen molar-refractivity contribution in [3.8, 4) is 0 Å². The quantitative estimate of drug-likeness (QED) is 0.104. The molecule has 0 saturated carbocycles. The number of rotatable bonds is 7. The van der Waals surface area contributed by atoms with Crippen LogP contribution in [-0.4, -0.2) is 28.5 Å². The van der Waals surface area contributed by atoms with Crippen molar-refractivity contribution < 1.29 is 28.8 Å². The summed E-state index contributed by atoms with van der Waals surface area (Å²) < 4.78 is 5.73. The van der Waals surface area contributed by atoms with Crippen LogP contribution in [0.15, 0.2) is 97.1 Å². The van der Waals surface area contributed by atoms with E-state index in [1.54, 1.807) is 54.6 Å². The molecule has 1 heterocycles. The van der Waals surface area contributed by atoms with Crippen molar-refractivity contribution in [2.24, 2.45) is 0 Å². The van der Waals surface area contributed by atoms with Gasteiger partial charge in [0.2, 0.25) is 5.78 Å². The fourth-order valence-corrected chi connectivity index (χ4v) is 4.42. The van der Waals surface area contributed by atoms with E-state index in [9.17, 15) is 29.3 Å². The molecule has 0 saturated heterocycles. The van der Waals surface area contributed by atoms with Gasteiger partial charge < -0.3 is 4.74 Å². The van der Waals surface area contributed by atoms with E-state index in [1.165, 1.54) is 36.4 Å². The maximum Gasteiger partial charge on any atom is 0.341 e. The lowest BCUT2D eigenvalue weighted by molar-refractivity contribution is -0.385. The van der Waals surface area contributed by atoms with Gasteiger partial charge in [0.15, 0.2) is 6.10 Å². The van der Waals surface area contributed by atoms with Crippen LogP contribution in [0.3, 0.4) is 0 Å². The third kappa shape index (κ3) is 4.57. The number of esters is 1. The minimum atomic E-state index is -1.31. The molecule has 0 aromatic heterocycles. The zero-order chi connectivity index (χ0) is 27.7. The Morgan fingerprint density at radius 3 is 2.18 bits per heavy atom. The van der Waals surface area contributed by atoms with Crippen LogP contribution in [0, 0.1) is 17.0 Å². The number of hydrogen-bond donors (Lipinski definition) is 0. The van der Waals surface area contributed by atoms with E-state index < -0.39 is 40.3 Å². The summed E-state index contributed by atoms with van der Waals surface area (Å²) in [6, 6.07) is 24.8. The first-order chi connectivity index (χ1) is 18.8. The lowest BCUT2D eigenvalue weighted by Crippen LogP contribution is -2.31. The van der Waals surface area contributed by atoms with Crippen molar-refractivity contribution in [1.29, 1.82) is 0 Å². The van der Waals surface area contributed by atoms with Crippen molar-refractivity contribution in [1.82, 2.24) is 0 Å². The molecular formula is C30H20N2O7. The fourth-order valence-electron chi connectivity index (χ4n) is 4.42. The van der Waals surface area contributed by atoms with Gasteiger partial charge in [0.1, 0.15) is 5.56 Å². The Morgan fingerprint density at radius 2 is 1.49 bits per heavy atom. The summed E-state index contributed by atoms with van der Waals surface area (Å²) in [6.07, 6.45) is -1.31. The monoisotopic (exact) mass is 520 g/mol. The lowest BCUT2D eigenvalue weighted by atomic mass is 9.99. The van der Waals surface area contributed by atoms with Crippen LogP contribution in [0.1, 0.15) is 58.7 Å². The summed E-state index contributed by atoms with van der Waals surface area (Å²) in [4.78, 5) is 64.9. The normalized spacial score (nSPS) is 13.1. The topological polar surface area (TPSA) is 124 Å². The Labute approximate surface area is 222 Å². The van der Waals surface area contributed by atoms with Gasteiger partial charge in [-0.3, -0.25) is 24.5 Å². The summed E-state index contributed by atoms with van der Waals surface area (Å²) >= 11 is 0. The second-order valence-electron chi connectivity index (χ2n) is 8.85. The molecule has 5 rings (SSSR count). The molecule has 192 valence electrons. The summed E-state index contributed by atoms with van der Waals surface area (Å²) in [5.41, 5.74) is 0.441. The van der Waals surface area contributed by atoms with Gasteiger partial charge in [-0.15, -0.1) is 0 Å². The van der Waals surface area contributed by atoms with Gasteiger partial charge in [0.25, 0.3) is 17.5 Å². The average molecular weight is 520 g/mol. The molecule has 1 aliphatic heterocycles. The number of nitro groups is 1. The molecule has 0 aliphatic carbocycles. The molecule has 0 fully saturated rings. The van der Waals surface area contributed by atoms with Crippen LogP contribution in [0.25, 0.3) is 0 Å². The number of fused-ring (bicyclic) bond motifs is 1. The van der Waals surface area contributed by atoms with Crippen LogP contribution in [0.5, 0.6) is 0 Å². The highest BCUT2D eigenvalue weighted by Crippen LogP contribution is 2.36. The van der Waals surface area contributed by atoms with Crippen molar-refractivity contribution in [2.45, 2.75) is 13.0 Å². The number of nitrogens with zero attached hydrogens (tertiary/aromatic N) is 2. The van der Waals surface area contributed by atoms with E-state index in [4.69, 9.17) is 4.74 Å². The molecule has 9 heteroatoms. The van der Waals surface area contributed by atoms with Crippen LogP contribution in [0.2, 0.25) is 0 Å². The molecule has 4 aromatic carbocycles. The van der Waals surface area contributed by atoms with Crippen molar-refractivity contribution in [2.75, 3.05) is 4.90 Å². The van der Waals surface area contributed by atoms with Gasteiger partial charge in [-0.05, 0) is 25.1 Å². The average Bonchev–Trinajstić information content (AvgIpc) is 3.21. The molecule has 0 unspecified atom stereocenters. The van der Waals surface area contributed by atoms with E-state index in [-0.39, 0.29) is 22.4 Å². The zero-order valence-corrected chi connectivity index (χ0v) is 20.6. The predicted molar refractivity (Wildman–Crippen MR) is 141 cm³/mol. The van der Waals surface area contributed by atoms with E-state index in [1.807, 2.05) is 6.92 Å². The van der Waals surface area contributed by atoms with Crippen molar-refractivity contribution in [3.63, 3.8) is 0 Å². The number of anilines is 1. The van der Waals surface area contributed by atoms with E-state index in [0.29, 0.717) is 16.0 Å². The number of hydrogen-bond acceptors (Lipinski definition) is 7. The first-order valence-corrected chi connectivity index (χ1v) is 11.9. The standard InChI is InChI=1S/C30H20N2O7/c1-18-14-16-19(17-15-18)26(33)27(20-8-3-2-4-9-20)39-30(36)21-10-5-6-12-23(21)31-28(34)22-11-7-13-24(32(37)38)25(22)29(31)35/h2-17,27H,1H3/t27-/m1/s1. The van der Waals surface area contributed by atoms with Gasteiger partial charge >= 0.3 is 5.97 Å². The number of amides is 2. The number of ether oxygens (including phenoxy) is 1. The molecule has 4 aromatic rings. The number of benzene rings is 4. The number of aryl methyl sites for hydroxylation is 1. The number of ketones is 1. The highest BCUT2D eigenvalue weighted by Gasteiger charge is 2.43. The summed E-state index contributed by atoms with van der Waals surface area (Å²) in [7, 11) is 0. The maximum absolute atomic E-state index is 13.5. The predicted octanol–water partition coefficient (Wildman–Crippen LogP) is 5.48. The Hall–Kier alpha value is -5.44. The zero-order valence-electron chi connectivity index (χ0n) is 20.6. The Bertz CT molecular complexity index is 1650. The first kappa shape index (κ1) is 25.2. The van der Waals surface area contributed by atoms with Gasteiger partial charge in [0, 0.05) is 17.2 Å². The summed E-state index contributed by atoms with van der Waals surface area (Å²) in [5, 5.41) is 11.5. The highest BCUT2D eigenvalue weighted by molar-refractivity contribution is 6.36. The van der Waals surface area contributed by atoms with Gasteiger partial charge in [-0.1, -0.05) is 78.4 Å². The van der Waals surface area contributed by atoms with Crippen LogP contribution in [0.4, 0.5) is 11.4 Å². The molecule has 9 nitrogen and oxygen atoms in total. The molecular weight excluding hydrogens is 500 g/mol. The second kappa shape index (κ2) is 10.1. The molecule has 0 bridgehead atoms. The molecule has 0 spiro atoms. The van der Waals surface area contributed by atoms with Crippen LogP contribution in [-0.2, 0) is 4.74 Å². The number of imide groups is 1. The summed E-state index contributed by atoms with van der Waals surface area (Å²) in [5.74, 6) is -3.15. The molecule has 1 aliphatic rings. The minimum Gasteiger partial charge on any atom is -0.445 e. The van der Waals surface area contributed by atoms with Crippen molar-refractivity contribution in [3.05, 3.63) is 141 Å². The van der Waals surface area contributed by atoms with Crippen molar-refractivity contribution >= 4 is 34.9 Å². The Balaban J connectivity index is 1.52. The highest BCUT2D eigenvalue weighted by atomic mass is 16.6. The number of Topliss-reactive ketones (excluding diaryl/α,β-unsaturated/α-hetero) is 1. The van der Waals surface area contributed by atoms with Crippen LogP contribution < -0.4 is 4.90 Å². The lowest BCUT2D eigenvalue weighted by Gasteiger charge is -2.21. The molecule has 1 atom stereocenters. The minimum absolute atomic E-state index is 0.113. The number of para-hydroxylation sites is 1. The second-order valence-corrected chi connectivity index (χ2v) is 8.85. The van der Waals surface area contributed by atoms with E-state index in [0.717, 1.165) is 11.6 Å². The SMILES string of the molecule is Cc1ccc(C(=O)[C@H](OC(=O)c2ccccc2N2C(=O)c3cccc([N+](=O)[O-])c3C2=O)c2ccccc2)cc1. The third-order valence-corrected chi connectivity index (χ3v) is 6.36. The Kier molecular flexibility index (Phi) is 6.56. The number of nitro benzene ring substituents is 1. The van der Waals surface area contributed by atoms with E-state index in [2.05, 4.69) is 0 Å². The van der Waals surface area contributed by atoms with Gasteiger partial charge in [0.05, 0.1) is 21.7 Å². The summed E-state index contributed by atoms with van der Waals surface area (Å²) in [6.45, 7) is 1.88. The Morgan fingerprint density at radius 1 is 0.821 bits per heavy atom. The molecule has 0 radical (unpaired) electrons. The number of carbonyl (C=O) groups is 4.